The van der Waals surface area contributed by atoms with Gasteiger partial charge in [0.05, 0.1) is 0 Å². The minimum atomic E-state index is -4.66. The third kappa shape index (κ3) is 3.51. The number of Topliss-reactive ketones (excluding diaryl/α,β-unsaturated/α-hetero) is 1. The van der Waals surface area contributed by atoms with Gasteiger partial charge in [0, 0.05) is 25.9 Å². The van der Waals surface area contributed by atoms with Gasteiger partial charge < -0.3 is 4.90 Å². The second kappa shape index (κ2) is 6.00. The number of aromatic nitrogens is 3. The van der Waals surface area contributed by atoms with E-state index in [1.165, 1.54) is 6.20 Å². The predicted octanol–water partition coefficient (Wildman–Crippen LogP) is 2.54. The SMILES string of the molecule is CN(C)/C=C(\C(=O)c1ccccc1)n1cnc(C(F)(F)F)n1. The summed E-state index contributed by atoms with van der Waals surface area (Å²) in [7, 11) is 3.31. The topological polar surface area (TPSA) is 51.0 Å². The van der Waals surface area contributed by atoms with Gasteiger partial charge in [0.1, 0.15) is 12.0 Å². The van der Waals surface area contributed by atoms with Crippen molar-refractivity contribution in [1.82, 2.24) is 19.7 Å². The summed E-state index contributed by atoms with van der Waals surface area (Å²) in [4.78, 5) is 17.2. The van der Waals surface area contributed by atoms with E-state index in [0.29, 0.717) is 5.56 Å². The fraction of sp³-hybridized carbons (Fsp3) is 0.214. The number of hydrogen-bond acceptors (Lipinski definition) is 4. The summed E-state index contributed by atoms with van der Waals surface area (Å²) < 4.78 is 38.6. The number of nitrogens with zero attached hydrogens (tertiary/aromatic N) is 4. The molecule has 0 aliphatic rings. The fourth-order valence-corrected chi connectivity index (χ4v) is 1.71. The molecule has 0 aliphatic heterocycles. The first kappa shape index (κ1) is 15.7. The quantitative estimate of drug-likeness (QED) is 0.643. The van der Waals surface area contributed by atoms with Crippen LogP contribution in [0.3, 0.4) is 0 Å². The second-order valence-electron chi connectivity index (χ2n) is 4.68. The van der Waals surface area contributed by atoms with Crippen LogP contribution < -0.4 is 0 Å². The summed E-state index contributed by atoms with van der Waals surface area (Å²) in [6, 6.07) is 8.23. The zero-order valence-corrected chi connectivity index (χ0v) is 11.9. The summed E-state index contributed by atoms with van der Waals surface area (Å²) in [5.74, 6) is -1.74. The van der Waals surface area contributed by atoms with Crippen molar-refractivity contribution >= 4 is 11.5 Å². The third-order valence-corrected chi connectivity index (χ3v) is 2.64. The summed E-state index contributed by atoms with van der Waals surface area (Å²) in [5, 5.41) is 3.35. The van der Waals surface area contributed by atoms with Crippen LogP contribution in [-0.2, 0) is 6.18 Å². The van der Waals surface area contributed by atoms with Crippen LogP contribution in [0.5, 0.6) is 0 Å². The Morgan fingerprint density at radius 1 is 1.23 bits per heavy atom. The lowest BCUT2D eigenvalue weighted by Gasteiger charge is -2.11. The Kier molecular flexibility index (Phi) is 4.30. The zero-order valence-electron chi connectivity index (χ0n) is 11.9. The van der Waals surface area contributed by atoms with Crippen molar-refractivity contribution in [3.05, 3.63) is 54.2 Å². The normalized spacial score (nSPS) is 12.3. The molecule has 0 spiro atoms. The lowest BCUT2D eigenvalue weighted by Crippen LogP contribution is -2.16. The average molecular weight is 310 g/mol. The van der Waals surface area contributed by atoms with E-state index in [9.17, 15) is 18.0 Å². The molecule has 0 unspecified atom stereocenters. The van der Waals surface area contributed by atoms with E-state index in [4.69, 9.17) is 0 Å². The number of carbonyl (C=O) groups excluding carboxylic acids is 1. The molecule has 0 saturated carbocycles. The van der Waals surface area contributed by atoms with Crippen LogP contribution in [0.2, 0.25) is 0 Å². The van der Waals surface area contributed by atoms with Gasteiger partial charge in [-0.15, -0.1) is 5.10 Å². The Bertz CT molecular complexity index is 690. The Morgan fingerprint density at radius 2 is 1.86 bits per heavy atom. The first-order chi connectivity index (χ1) is 10.3. The molecule has 5 nitrogen and oxygen atoms in total. The summed E-state index contributed by atoms with van der Waals surface area (Å²) >= 11 is 0. The van der Waals surface area contributed by atoms with Crippen LogP contribution in [0, 0.1) is 0 Å². The molecule has 0 saturated heterocycles. The third-order valence-electron chi connectivity index (χ3n) is 2.64. The molecule has 22 heavy (non-hydrogen) atoms. The van der Waals surface area contributed by atoms with Crippen molar-refractivity contribution in [2.75, 3.05) is 14.1 Å². The van der Waals surface area contributed by atoms with Crippen LogP contribution in [0.15, 0.2) is 42.9 Å². The van der Waals surface area contributed by atoms with E-state index in [0.717, 1.165) is 11.0 Å². The van der Waals surface area contributed by atoms with Gasteiger partial charge in [0.15, 0.2) is 0 Å². The highest BCUT2D eigenvalue weighted by Gasteiger charge is 2.36. The Labute approximate surface area is 124 Å². The molecular weight excluding hydrogens is 297 g/mol. The molecular formula is C14H13F3N4O. The van der Waals surface area contributed by atoms with Crippen molar-refractivity contribution in [2.45, 2.75) is 6.18 Å². The molecule has 0 bridgehead atoms. The van der Waals surface area contributed by atoms with Gasteiger partial charge >= 0.3 is 6.18 Å². The van der Waals surface area contributed by atoms with Crippen molar-refractivity contribution in [2.24, 2.45) is 0 Å². The first-order valence-electron chi connectivity index (χ1n) is 6.26. The Balaban J connectivity index is 2.44. The van der Waals surface area contributed by atoms with E-state index in [-0.39, 0.29) is 5.70 Å². The predicted molar refractivity (Wildman–Crippen MR) is 73.8 cm³/mol. The molecule has 0 radical (unpaired) electrons. The van der Waals surface area contributed by atoms with Crippen LogP contribution >= 0.6 is 0 Å². The maximum absolute atomic E-state index is 12.6. The van der Waals surface area contributed by atoms with E-state index >= 15 is 0 Å². The molecule has 0 amide bonds. The molecule has 116 valence electrons. The van der Waals surface area contributed by atoms with Gasteiger partial charge in [-0.2, -0.15) is 13.2 Å². The van der Waals surface area contributed by atoms with Crippen molar-refractivity contribution in [3.63, 3.8) is 0 Å². The van der Waals surface area contributed by atoms with Gasteiger partial charge in [0.2, 0.25) is 5.78 Å². The number of ketones is 1. The molecule has 0 atom stereocenters. The number of allylic oxidation sites excluding steroid dienone is 1. The van der Waals surface area contributed by atoms with Crippen LogP contribution in [-0.4, -0.2) is 39.5 Å². The number of carbonyl (C=O) groups is 1. The standard InChI is InChI=1S/C14H13F3N4O/c1-20(2)8-11(12(22)10-6-4-3-5-7-10)21-9-18-13(19-21)14(15,16)17/h3-9H,1-2H3/b11-8+. The van der Waals surface area contributed by atoms with Crippen molar-refractivity contribution < 1.29 is 18.0 Å². The maximum Gasteiger partial charge on any atom is 0.453 e. The smallest absolute Gasteiger partial charge is 0.382 e. The molecule has 8 heteroatoms. The lowest BCUT2D eigenvalue weighted by atomic mass is 10.1. The minimum Gasteiger partial charge on any atom is -0.382 e. The summed E-state index contributed by atoms with van der Waals surface area (Å²) in [6.07, 6.45) is -2.40. The number of benzene rings is 1. The molecule has 0 aliphatic carbocycles. The Hall–Kier alpha value is -2.64. The van der Waals surface area contributed by atoms with Crippen LogP contribution in [0.1, 0.15) is 16.2 Å². The molecule has 2 aromatic rings. The van der Waals surface area contributed by atoms with E-state index in [1.54, 1.807) is 49.3 Å². The van der Waals surface area contributed by atoms with Crippen LogP contribution in [0.25, 0.3) is 5.70 Å². The first-order valence-corrected chi connectivity index (χ1v) is 6.26. The van der Waals surface area contributed by atoms with Gasteiger partial charge in [-0.1, -0.05) is 30.3 Å². The monoisotopic (exact) mass is 310 g/mol. The highest BCUT2D eigenvalue weighted by molar-refractivity contribution is 6.24. The van der Waals surface area contributed by atoms with E-state index in [1.807, 2.05) is 0 Å². The number of alkyl halides is 3. The number of halogens is 3. The zero-order chi connectivity index (χ0) is 16.3. The molecule has 2 rings (SSSR count). The minimum absolute atomic E-state index is 0.0285. The van der Waals surface area contributed by atoms with Gasteiger partial charge in [0.25, 0.3) is 5.82 Å². The van der Waals surface area contributed by atoms with Crippen LogP contribution in [0.4, 0.5) is 13.2 Å². The Morgan fingerprint density at radius 3 is 2.36 bits per heavy atom. The highest BCUT2D eigenvalue weighted by atomic mass is 19.4. The molecule has 1 heterocycles. The van der Waals surface area contributed by atoms with Crippen molar-refractivity contribution in [1.29, 1.82) is 0 Å². The number of rotatable bonds is 4. The maximum atomic E-state index is 12.6. The highest BCUT2D eigenvalue weighted by Crippen LogP contribution is 2.26. The van der Waals surface area contributed by atoms with Gasteiger partial charge in [-0.25, -0.2) is 9.67 Å². The fourth-order valence-electron chi connectivity index (χ4n) is 1.71. The average Bonchev–Trinajstić information content (AvgIpc) is 2.94. The lowest BCUT2D eigenvalue weighted by molar-refractivity contribution is -0.144. The molecule has 0 N–H and O–H groups in total. The molecule has 1 aromatic carbocycles. The van der Waals surface area contributed by atoms with Gasteiger partial charge in [-0.3, -0.25) is 4.79 Å². The van der Waals surface area contributed by atoms with Gasteiger partial charge in [-0.05, 0) is 0 Å². The van der Waals surface area contributed by atoms with E-state index in [2.05, 4.69) is 10.1 Å². The largest absolute Gasteiger partial charge is 0.453 e. The molecule has 0 fully saturated rings. The molecule has 1 aromatic heterocycles. The summed E-state index contributed by atoms with van der Waals surface area (Å²) in [6.45, 7) is 0. The van der Waals surface area contributed by atoms with E-state index < -0.39 is 17.8 Å². The summed E-state index contributed by atoms with van der Waals surface area (Å²) in [5.41, 5.74) is 0.318. The van der Waals surface area contributed by atoms with Crippen molar-refractivity contribution in [3.8, 4) is 0 Å². The number of hydrogen-bond donors (Lipinski definition) is 0. The second-order valence-corrected chi connectivity index (χ2v) is 4.68.